The van der Waals surface area contributed by atoms with E-state index in [1.165, 1.54) is 36.9 Å². The number of aromatic nitrogens is 3. The Morgan fingerprint density at radius 3 is 2.46 bits per heavy atom. The van der Waals surface area contributed by atoms with Crippen molar-refractivity contribution in [3.8, 4) is 11.3 Å². The largest absolute Gasteiger partial charge is 0.316 e. The van der Waals surface area contributed by atoms with Crippen LogP contribution in [0, 0.1) is 5.82 Å². The maximum absolute atomic E-state index is 14.8. The van der Waals surface area contributed by atoms with Crippen molar-refractivity contribution in [3.63, 3.8) is 0 Å². The normalized spacial score (nSPS) is 11.6. The fourth-order valence-corrected chi connectivity index (χ4v) is 3.75. The maximum Gasteiger partial charge on any atom is 0.269 e. The molecule has 6 nitrogen and oxygen atoms in total. The van der Waals surface area contributed by atoms with Gasteiger partial charge in [-0.15, -0.1) is 0 Å². The van der Waals surface area contributed by atoms with Crippen LogP contribution in [0.25, 0.3) is 11.3 Å². The first kappa shape index (κ1) is 16.3. The van der Waals surface area contributed by atoms with Crippen LogP contribution in [-0.2, 0) is 16.6 Å². The Morgan fingerprint density at radius 2 is 1.88 bits per heavy atom. The highest BCUT2D eigenvalue weighted by Crippen LogP contribution is 2.30. The second kappa shape index (κ2) is 6.50. The summed E-state index contributed by atoms with van der Waals surface area (Å²) in [4.78, 5) is 7.77. The van der Waals surface area contributed by atoms with E-state index < -0.39 is 15.8 Å². The number of pyridine rings is 2. The highest BCUT2D eigenvalue weighted by atomic mass is 32.2. The minimum atomic E-state index is -3.98. The van der Waals surface area contributed by atoms with E-state index in [9.17, 15) is 12.8 Å². The molecule has 0 saturated heterocycles. The van der Waals surface area contributed by atoms with Gasteiger partial charge >= 0.3 is 0 Å². The van der Waals surface area contributed by atoms with Gasteiger partial charge in [-0.2, -0.15) is 0 Å². The first-order valence-corrected chi connectivity index (χ1v) is 8.60. The zero-order chi connectivity index (χ0) is 17.2. The van der Waals surface area contributed by atoms with Crippen LogP contribution in [0.4, 0.5) is 4.39 Å². The quantitative estimate of drug-likeness (QED) is 0.765. The zero-order valence-corrected chi connectivity index (χ0v) is 13.7. The lowest BCUT2D eigenvalue weighted by Gasteiger charge is -2.10. The summed E-state index contributed by atoms with van der Waals surface area (Å²) in [5.41, 5.74) is 0.589. The molecule has 0 aliphatic rings. The van der Waals surface area contributed by atoms with Crippen LogP contribution in [-0.4, -0.2) is 29.4 Å². The van der Waals surface area contributed by atoms with E-state index in [-0.39, 0.29) is 22.7 Å². The molecular weight excluding hydrogens is 331 g/mol. The van der Waals surface area contributed by atoms with E-state index in [0.29, 0.717) is 5.56 Å². The molecule has 0 fully saturated rings. The number of halogens is 1. The summed E-state index contributed by atoms with van der Waals surface area (Å²) in [7, 11) is -2.32. The number of hydrogen-bond acceptors (Lipinski definition) is 5. The van der Waals surface area contributed by atoms with E-state index in [1.54, 1.807) is 25.4 Å². The zero-order valence-electron chi connectivity index (χ0n) is 12.8. The molecule has 0 unspecified atom stereocenters. The minimum absolute atomic E-state index is 0.0128. The minimum Gasteiger partial charge on any atom is -0.316 e. The summed E-state index contributed by atoms with van der Waals surface area (Å²) in [6.07, 6.45) is 6.97. The van der Waals surface area contributed by atoms with Gasteiger partial charge in [-0.1, -0.05) is 0 Å². The van der Waals surface area contributed by atoms with Crippen molar-refractivity contribution < 1.29 is 12.8 Å². The molecule has 24 heavy (non-hydrogen) atoms. The van der Waals surface area contributed by atoms with E-state index >= 15 is 0 Å². The monoisotopic (exact) mass is 346 g/mol. The molecule has 0 bridgehead atoms. The number of nitrogens with zero attached hydrogens (tertiary/aromatic N) is 3. The first-order chi connectivity index (χ1) is 11.6. The standard InChI is InChI=1S/C16H15FN4O2S/c1-18-8-13-11-21(24(22,23)14-5-3-7-20-10-14)16(15(13)17)12-4-2-6-19-9-12/h2-7,9-11,18H,8H2,1H3. The lowest BCUT2D eigenvalue weighted by atomic mass is 10.2. The molecule has 3 rings (SSSR count). The fourth-order valence-electron chi connectivity index (χ4n) is 2.38. The predicted octanol–water partition coefficient (Wildman–Crippen LogP) is 2.04. The summed E-state index contributed by atoms with van der Waals surface area (Å²) in [6, 6.07) is 6.18. The van der Waals surface area contributed by atoms with Gasteiger partial charge < -0.3 is 5.32 Å². The van der Waals surface area contributed by atoms with E-state index in [1.807, 2.05) is 0 Å². The van der Waals surface area contributed by atoms with Crippen LogP contribution in [0.2, 0.25) is 0 Å². The molecule has 0 amide bonds. The molecule has 0 atom stereocenters. The number of rotatable bonds is 5. The van der Waals surface area contributed by atoms with Crippen molar-refractivity contribution in [1.29, 1.82) is 0 Å². The molecule has 3 heterocycles. The molecule has 0 aromatic carbocycles. The molecule has 8 heteroatoms. The second-order valence-corrected chi connectivity index (χ2v) is 6.89. The predicted molar refractivity (Wildman–Crippen MR) is 87.2 cm³/mol. The van der Waals surface area contributed by atoms with Crippen molar-refractivity contribution >= 4 is 10.0 Å². The van der Waals surface area contributed by atoms with Crippen molar-refractivity contribution in [2.75, 3.05) is 7.05 Å². The Bertz CT molecular complexity index is 941. The molecule has 1 N–H and O–H groups in total. The Labute approximate surface area is 139 Å². The third-order valence-corrected chi connectivity index (χ3v) is 5.12. The van der Waals surface area contributed by atoms with Gasteiger partial charge in [0.05, 0.1) is 0 Å². The molecule has 0 spiro atoms. The van der Waals surface area contributed by atoms with Crippen molar-refractivity contribution in [2.45, 2.75) is 11.4 Å². The van der Waals surface area contributed by atoms with Gasteiger partial charge in [-0.05, 0) is 31.3 Å². The number of nitrogens with one attached hydrogen (secondary N) is 1. The van der Waals surface area contributed by atoms with Crippen LogP contribution in [0.5, 0.6) is 0 Å². The molecular formula is C16H15FN4O2S. The van der Waals surface area contributed by atoms with Gasteiger partial charge in [0.1, 0.15) is 10.6 Å². The highest BCUT2D eigenvalue weighted by molar-refractivity contribution is 7.90. The van der Waals surface area contributed by atoms with E-state index in [2.05, 4.69) is 15.3 Å². The molecule has 0 radical (unpaired) electrons. The van der Waals surface area contributed by atoms with Gasteiger partial charge in [0.2, 0.25) is 0 Å². The molecule has 0 aliphatic carbocycles. The molecule has 124 valence electrons. The average molecular weight is 346 g/mol. The fraction of sp³-hybridized carbons (Fsp3) is 0.125. The SMILES string of the molecule is CNCc1cn(S(=O)(=O)c2cccnc2)c(-c2cccnc2)c1F. The van der Waals surface area contributed by atoms with Gasteiger partial charge in [0.25, 0.3) is 10.0 Å². The van der Waals surface area contributed by atoms with Gasteiger partial charge in [0, 0.05) is 48.7 Å². The van der Waals surface area contributed by atoms with E-state index in [0.717, 1.165) is 3.97 Å². The summed E-state index contributed by atoms with van der Waals surface area (Å²) >= 11 is 0. The summed E-state index contributed by atoms with van der Waals surface area (Å²) in [6.45, 7) is 0.203. The summed E-state index contributed by atoms with van der Waals surface area (Å²) in [5.74, 6) is -0.593. The first-order valence-electron chi connectivity index (χ1n) is 7.16. The van der Waals surface area contributed by atoms with Crippen LogP contribution < -0.4 is 5.32 Å². The van der Waals surface area contributed by atoms with Crippen molar-refractivity contribution in [3.05, 3.63) is 66.6 Å². The van der Waals surface area contributed by atoms with Crippen LogP contribution in [0.15, 0.2) is 60.1 Å². The molecule has 3 aromatic heterocycles. The van der Waals surface area contributed by atoms with Gasteiger partial charge in [-0.25, -0.2) is 16.8 Å². The summed E-state index contributed by atoms with van der Waals surface area (Å²) in [5, 5.41) is 2.83. The van der Waals surface area contributed by atoms with Crippen molar-refractivity contribution in [1.82, 2.24) is 19.3 Å². The topological polar surface area (TPSA) is 76.9 Å². The molecule has 0 saturated carbocycles. The highest BCUT2D eigenvalue weighted by Gasteiger charge is 2.26. The van der Waals surface area contributed by atoms with Gasteiger partial charge in [0.15, 0.2) is 5.82 Å². The number of hydrogen-bond donors (Lipinski definition) is 1. The Balaban J connectivity index is 2.26. The van der Waals surface area contributed by atoms with Crippen LogP contribution in [0.1, 0.15) is 5.56 Å². The second-order valence-electron chi connectivity index (χ2n) is 5.08. The Hall–Kier alpha value is -2.58. The lowest BCUT2D eigenvalue weighted by molar-refractivity contribution is 0.584. The average Bonchev–Trinajstić information content (AvgIpc) is 2.94. The maximum atomic E-state index is 14.8. The van der Waals surface area contributed by atoms with Crippen LogP contribution in [0.3, 0.4) is 0 Å². The van der Waals surface area contributed by atoms with Gasteiger partial charge in [-0.3, -0.25) is 9.97 Å². The lowest BCUT2D eigenvalue weighted by Crippen LogP contribution is -2.14. The summed E-state index contributed by atoms with van der Waals surface area (Å²) < 4.78 is 41.6. The van der Waals surface area contributed by atoms with E-state index in [4.69, 9.17) is 0 Å². The smallest absolute Gasteiger partial charge is 0.269 e. The third-order valence-electron chi connectivity index (χ3n) is 3.48. The Morgan fingerprint density at radius 1 is 1.17 bits per heavy atom. The Kier molecular flexibility index (Phi) is 4.41. The molecule has 0 aliphatic heterocycles. The third kappa shape index (κ3) is 2.81. The van der Waals surface area contributed by atoms with Crippen molar-refractivity contribution in [2.24, 2.45) is 0 Å². The van der Waals surface area contributed by atoms with Crippen LogP contribution >= 0.6 is 0 Å². The molecule has 3 aromatic rings.